The Morgan fingerprint density at radius 1 is 1.05 bits per heavy atom. The highest BCUT2D eigenvalue weighted by atomic mass is 19.3. The molecule has 6 heterocycles. The van der Waals surface area contributed by atoms with E-state index in [4.69, 9.17) is 0 Å². The molecule has 2 saturated heterocycles. The number of carbonyl (C=O) groups excluding carboxylic acids is 3. The van der Waals surface area contributed by atoms with Crippen LogP contribution in [0, 0.1) is 19.8 Å². The minimum Gasteiger partial charge on any atom is -0.370 e. The lowest BCUT2D eigenvalue weighted by Crippen LogP contribution is -2.45. The highest BCUT2D eigenvalue weighted by molar-refractivity contribution is 6.08. The maximum absolute atomic E-state index is 14.2. The molecule has 1 aliphatic carbocycles. The van der Waals surface area contributed by atoms with Gasteiger partial charge in [0, 0.05) is 56.7 Å². The molecule has 3 aliphatic rings. The number of halogens is 2. The Balaban J connectivity index is 0.871. The predicted molar refractivity (Wildman–Crippen MR) is 205 cm³/mol. The van der Waals surface area contributed by atoms with Crippen LogP contribution in [0.3, 0.4) is 0 Å². The summed E-state index contributed by atoms with van der Waals surface area (Å²) in [7, 11) is 3.91. The van der Waals surface area contributed by atoms with Crippen LogP contribution in [-0.4, -0.2) is 88.9 Å². The van der Waals surface area contributed by atoms with E-state index in [9.17, 15) is 28.0 Å². The molecule has 3 fully saturated rings. The normalized spacial score (nSPS) is 21.1. The molecule has 2 N–H and O–H groups in total. The van der Waals surface area contributed by atoms with Gasteiger partial charge in [-0.15, -0.1) is 0 Å². The quantitative estimate of drug-likeness (QED) is 0.203. The minimum atomic E-state index is -2.85. The Kier molecular flexibility index (Phi) is 9.97. The lowest BCUT2D eigenvalue weighted by atomic mass is 9.85. The van der Waals surface area contributed by atoms with Crippen molar-refractivity contribution in [1.82, 2.24) is 43.7 Å². The summed E-state index contributed by atoms with van der Waals surface area (Å²) in [6.07, 6.45) is 5.93. The molecule has 5 aromatic rings. The van der Waals surface area contributed by atoms with Crippen LogP contribution in [0.2, 0.25) is 0 Å². The van der Waals surface area contributed by atoms with Gasteiger partial charge in [-0.25, -0.2) is 23.1 Å². The van der Waals surface area contributed by atoms with E-state index in [2.05, 4.69) is 42.7 Å². The van der Waals surface area contributed by atoms with Crippen LogP contribution in [0.4, 0.5) is 20.2 Å². The van der Waals surface area contributed by atoms with E-state index >= 15 is 0 Å². The zero-order chi connectivity index (χ0) is 39.4. The van der Waals surface area contributed by atoms with Gasteiger partial charge in [0.05, 0.1) is 34.6 Å². The van der Waals surface area contributed by atoms with E-state index in [-0.39, 0.29) is 35.3 Å². The van der Waals surface area contributed by atoms with Crippen LogP contribution < -0.4 is 21.2 Å². The summed E-state index contributed by atoms with van der Waals surface area (Å²) in [6, 6.07) is 7.28. The van der Waals surface area contributed by atoms with Gasteiger partial charge in [0.15, 0.2) is 11.3 Å². The number of imidazole rings is 1. The molecule has 0 spiro atoms. The Morgan fingerprint density at radius 2 is 1.80 bits per heavy atom. The third-order valence-corrected chi connectivity index (χ3v) is 12.0. The van der Waals surface area contributed by atoms with Gasteiger partial charge in [-0.1, -0.05) is 6.07 Å². The number of nitrogens with zero attached hydrogens (tertiary/aromatic N) is 9. The van der Waals surface area contributed by atoms with Crippen LogP contribution in [0.1, 0.15) is 97.3 Å². The second kappa shape index (κ2) is 14.9. The van der Waals surface area contributed by atoms with Crippen molar-refractivity contribution in [3.63, 3.8) is 0 Å². The number of carbonyl (C=O) groups is 3. The van der Waals surface area contributed by atoms with Gasteiger partial charge in [-0.2, -0.15) is 10.2 Å². The Labute approximate surface area is 321 Å². The number of imide groups is 1. The summed E-state index contributed by atoms with van der Waals surface area (Å²) >= 11 is 0. The number of aromatic nitrogens is 7. The second-order valence-corrected chi connectivity index (χ2v) is 15.7. The molecule has 1 unspecified atom stereocenters. The lowest BCUT2D eigenvalue weighted by molar-refractivity contribution is -0.135. The van der Waals surface area contributed by atoms with E-state index in [1.807, 2.05) is 38.1 Å². The first-order valence-electron chi connectivity index (χ1n) is 19.4. The maximum atomic E-state index is 14.2. The fourth-order valence-electron chi connectivity index (χ4n) is 9.07. The van der Waals surface area contributed by atoms with Gasteiger partial charge >= 0.3 is 5.69 Å². The number of hydrogen-bond acceptors (Lipinski definition) is 9. The first-order valence-corrected chi connectivity index (χ1v) is 19.4. The van der Waals surface area contributed by atoms with Gasteiger partial charge in [0.1, 0.15) is 11.6 Å². The summed E-state index contributed by atoms with van der Waals surface area (Å²) in [6.45, 7) is 6.24. The molecule has 296 valence electrons. The molecule has 8 rings (SSSR count). The third-order valence-electron chi connectivity index (χ3n) is 12.0. The van der Waals surface area contributed by atoms with Crippen LogP contribution in [0.15, 0.2) is 41.5 Å². The highest BCUT2D eigenvalue weighted by Crippen LogP contribution is 2.37. The number of rotatable bonds is 9. The SMILES string of the molecule is Cc1cc(C)n2ncc(C(=O)Nc3cn(C4CCC(CN(C)C5CCN(c6cccc7c6n(C)c(=O)n7C6CCC(=O)NC6=O)CC5)CC4)nc3C(F)F)c2n1. The van der Waals surface area contributed by atoms with Crippen LogP contribution in [-0.2, 0) is 16.6 Å². The van der Waals surface area contributed by atoms with Gasteiger partial charge < -0.3 is 15.1 Å². The van der Waals surface area contributed by atoms with Gasteiger partial charge in [-0.05, 0) is 90.0 Å². The number of hydrogen-bond donors (Lipinski definition) is 2. The number of fused-ring (bicyclic) bond motifs is 2. The smallest absolute Gasteiger partial charge is 0.329 e. The average Bonchev–Trinajstić information content (AvgIpc) is 3.87. The van der Waals surface area contributed by atoms with Crippen molar-refractivity contribution >= 4 is 45.8 Å². The van der Waals surface area contributed by atoms with Crippen LogP contribution >= 0.6 is 0 Å². The molecule has 0 bridgehead atoms. The molecule has 3 amide bonds. The fraction of sp³-hybridized carbons (Fsp3) is 0.513. The summed E-state index contributed by atoms with van der Waals surface area (Å²) in [5, 5.41) is 13.5. The average molecular weight is 772 g/mol. The highest BCUT2D eigenvalue weighted by Gasteiger charge is 2.34. The van der Waals surface area contributed by atoms with E-state index in [0.29, 0.717) is 29.5 Å². The largest absolute Gasteiger partial charge is 0.370 e. The molecular formula is C39H47F2N11O4. The summed E-state index contributed by atoms with van der Waals surface area (Å²) in [5.74, 6) is -0.866. The zero-order valence-electron chi connectivity index (χ0n) is 32.0. The van der Waals surface area contributed by atoms with Gasteiger partial charge in [-0.3, -0.25) is 33.5 Å². The molecule has 2 aliphatic heterocycles. The number of anilines is 2. The molecule has 4 aromatic heterocycles. The van der Waals surface area contributed by atoms with Gasteiger partial charge in [0.25, 0.3) is 12.3 Å². The molecule has 0 radical (unpaired) electrons. The van der Waals surface area contributed by atoms with E-state index in [1.54, 1.807) is 20.8 Å². The maximum Gasteiger partial charge on any atom is 0.329 e. The standard InChI is InChI=1S/C39H47F2N11O4/c1-22-18-23(2)52-36(43-22)27(19-42-52)37(54)44-28-21-50(46-33(28)35(40)41)26-10-8-24(9-11-26)20-47(3)25-14-16-49(17-15-25)29-6-5-7-30-34(29)48(4)39(56)51(30)31-12-13-32(53)45-38(31)55/h5-7,18-19,21,24-26,31,35H,8-17,20H2,1-4H3,(H,44,54)(H,45,53,55). The van der Waals surface area contributed by atoms with Crippen molar-refractivity contribution in [3.05, 3.63) is 69.8 Å². The van der Waals surface area contributed by atoms with E-state index < -0.39 is 30.0 Å². The molecule has 15 nitrogen and oxygen atoms in total. The number of para-hydroxylation sites is 1. The number of nitrogens with one attached hydrogen (secondary N) is 2. The number of aryl methyl sites for hydroxylation is 3. The zero-order valence-corrected chi connectivity index (χ0v) is 32.0. The number of benzene rings is 1. The Hall–Kier alpha value is -5.45. The molecule has 1 aromatic carbocycles. The Bertz CT molecular complexity index is 2380. The van der Waals surface area contributed by atoms with Crippen molar-refractivity contribution in [3.8, 4) is 0 Å². The summed E-state index contributed by atoms with van der Waals surface area (Å²) in [4.78, 5) is 60.4. The van der Waals surface area contributed by atoms with Crippen molar-refractivity contribution in [1.29, 1.82) is 0 Å². The van der Waals surface area contributed by atoms with E-state index in [0.717, 1.165) is 80.8 Å². The third kappa shape index (κ3) is 6.85. The first-order chi connectivity index (χ1) is 26.9. The van der Waals surface area contributed by atoms with Crippen LogP contribution in [0.25, 0.3) is 16.7 Å². The number of piperidine rings is 2. The van der Waals surface area contributed by atoms with Crippen molar-refractivity contribution in [2.45, 2.75) is 89.8 Å². The van der Waals surface area contributed by atoms with Crippen LogP contribution in [0.5, 0.6) is 0 Å². The van der Waals surface area contributed by atoms with Gasteiger partial charge in [0.2, 0.25) is 11.8 Å². The molecular weight excluding hydrogens is 724 g/mol. The number of alkyl halides is 2. The number of amides is 3. The second-order valence-electron chi connectivity index (χ2n) is 15.7. The Morgan fingerprint density at radius 3 is 2.52 bits per heavy atom. The topological polar surface area (TPSA) is 157 Å². The minimum absolute atomic E-state index is 0.00716. The molecule has 56 heavy (non-hydrogen) atoms. The lowest BCUT2D eigenvalue weighted by Gasteiger charge is -2.40. The van der Waals surface area contributed by atoms with Crippen molar-refractivity contribution in [2.24, 2.45) is 13.0 Å². The first kappa shape index (κ1) is 37.5. The molecule has 17 heteroatoms. The van der Waals surface area contributed by atoms with E-state index in [1.165, 1.54) is 17.0 Å². The van der Waals surface area contributed by atoms with Crippen molar-refractivity contribution < 1.29 is 23.2 Å². The monoisotopic (exact) mass is 771 g/mol. The van der Waals surface area contributed by atoms with Crippen molar-refractivity contribution in [2.75, 3.05) is 36.9 Å². The molecule has 1 saturated carbocycles. The predicted octanol–water partition coefficient (Wildman–Crippen LogP) is 4.70. The molecule has 1 atom stereocenters. The summed E-state index contributed by atoms with van der Waals surface area (Å²) in [5.41, 5.74) is 3.79. The fourth-order valence-corrected chi connectivity index (χ4v) is 9.07. The summed E-state index contributed by atoms with van der Waals surface area (Å²) < 4.78 is 34.6.